The highest BCUT2D eigenvalue weighted by Gasteiger charge is 2.21. The lowest BCUT2D eigenvalue weighted by molar-refractivity contribution is -0.0511. The molecule has 1 unspecified atom stereocenters. The summed E-state index contributed by atoms with van der Waals surface area (Å²) in [6.45, 7) is 9.97. The third-order valence-electron chi connectivity index (χ3n) is 3.99. The average Bonchev–Trinajstić information content (AvgIpc) is 3.06. The summed E-state index contributed by atoms with van der Waals surface area (Å²) in [6, 6.07) is 3.87. The van der Waals surface area contributed by atoms with Gasteiger partial charge in [0.1, 0.15) is 18.5 Å². The predicted molar refractivity (Wildman–Crippen MR) is 90.1 cm³/mol. The lowest BCUT2D eigenvalue weighted by Gasteiger charge is -2.32. The zero-order valence-corrected chi connectivity index (χ0v) is 14.6. The van der Waals surface area contributed by atoms with Crippen LogP contribution in [0.2, 0.25) is 0 Å². The number of aryl methyl sites for hydroxylation is 1. The summed E-state index contributed by atoms with van der Waals surface area (Å²) in [5, 5.41) is 0. The molecule has 0 N–H and O–H groups in total. The smallest absolute Gasteiger partial charge is 0.216 e. The summed E-state index contributed by atoms with van der Waals surface area (Å²) in [5.74, 6) is 1.72. The fourth-order valence-electron chi connectivity index (χ4n) is 2.74. The molecule has 1 aliphatic heterocycles. The minimum Gasteiger partial charge on any atom is -0.475 e. The Balaban J connectivity index is 1.54. The van der Waals surface area contributed by atoms with Gasteiger partial charge in [0.25, 0.3) is 0 Å². The van der Waals surface area contributed by atoms with E-state index < -0.39 is 0 Å². The number of morpholine rings is 1. The average molecular weight is 331 g/mol. The van der Waals surface area contributed by atoms with Crippen molar-refractivity contribution in [1.82, 2.24) is 14.9 Å². The van der Waals surface area contributed by atoms with Crippen molar-refractivity contribution in [3.63, 3.8) is 0 Å². The molecular formula is C18H25N3O3. The molecule has 1 atom stereocenters. The molecule has 24 heavy (non-hydrogen) atoms. The summed E-state index contributed by atoms with van der Waals surface area (Å²) in [4.78, 5) is 11.3. The molecule has 0 aliphatic carbocycles. The van der Waals surface area contributed by atoms with Crippen LogP contribution in [-0.2, 0) is 11.3 Å². The van der Waals surface area contributed by atoms with Crippen LogP contribution in [0.15, 0.2) is 29.1 Å². The first kappa shape index (κ1) is 16.9. The highest BCUT2D eigenvalue weighted by atomic mass is 16.5. The molecule has 6 nitrogen and oxygen atoms in total. The topological polar surface area (TPSA) is 60.6 Å². The first-order chi connectivity index (χ1) is 11.6. The van der Waals surface area contributed by atoms with Crippen molar-refractivity contribution >= 4 is 0 Å². The second-order valence-corrected chi connectivity index (χ2v) is 6.53. The quantitative estimate of drug-likeness (QED) is 0.811. The molecule has 0 spiro atoms. The molecule has 0 bridgehead atoms. The molecule has 1 fully saturated rings. The molecule has 6 heteroatoms. The number of nitrogens with zero attached hydrogens (tertiary/aromatic N) is 3. The molecular weight excluding hydrogens is 306 g/mol. The molecule has 1 aliphatic rings. The van der Waals surface area contributed by atoms with Crippen LogP contribution in [0.4, 0.5) is 0 Å². The first-order valence-corrected chi connectivity index (χ1v) is 8.43. The van der Waals surface area contributed by atoms with Crippen LogP contribution in [0.3, 0.4) is 0 Å². The molecule has 2 aromatic heterocycles. The Bertz CT molecular complexity index is 643. The van der Waals surface area contributed by atoms with Crippen LogP contribution in [0.25, 0.3) is 0 Å². The largest absolute Gasteiger partial charge is 0.475 e. The SMILES string of the molecule is Cc1cc(OCC2CN(Cc3ccoc3)CCO2)nc(C(C)C)n1. The van der Waals surface area contributed by atoms with E-state index in [1.807, 2.05) is 19.1 Å². The van der Waals surface area contributed by atoms with Gasteiger partial charge in [0, 0.05) is 42.9 Å². The van der Waals surface area contributed by atoms with Crippen LogP contribution < -0.4 is 4.74 Å². The van der Waals surface area contributed by atoms with E-state index in [4.69, 9.17) is 13.9 Å². The molecule has 130 valence electrons. The van der Waals surface area contributed by atoms with Crippen LogP contribution in [0, 0.1) is 6.92 Å². The van der Waals surface area contributed by atoms with E-state index in [9.17, 15) is 0 Å². The number of aromatic nitrogens is 2. The standard InChI is InChI=1S/C18H25N3O3/c1-13(2)18-19-14(3)8-17(20-18)24-12-16-10-21(5-7-23-16)9-15-4-6-22-11-15/h4,6,8,11,13,16H,5,7,9-10,12H2,1-3H3. The van der Waals surface area contributed by atoms with Gasteiger partial charge in [0.15, 0.2) is 0 Å². The summed E-state index contributed by atoms with van der Waals surface area (Å²) in [7, 11) is 0. The van der Waals surface area contributed by atoms with E-state index in [0.29, 0.717) is 19.1 Å². The molecule has 3 heterocycles. The van der Waals surface area contributed by atoms with Crippen LogP contribution in [0.5, 0.6) is 5.88 Å². The van der Waals surface area contributed by atoms with E-state index in [2.05, 4.69) is 28.7 Å². The van der Waals surface area contributed by atoms with Gasteiger partial charge in [-0.1, -0.05) is 13.8 Å². The molecule has 0 aromatic carbocycles. The van der Waals surface area contributed by atoms with Gasteiger partial charge >= 0.3 is 0 Å². The van der Waals surface area contributed by atoms with Crippen LogP contribution in [-0.4, -0.2) is 47.3 Å². The second-order valence-electron chi connectivity index (χ2n) is 6.53. The van der Waals surface area contributed by atoms with Crippen molar-refractivity contribution < 1.29 is 13.9 Å². The zero-order valence-electron chi connectivity index (χ0n) is 14.6. The third-order valence-corrected chi connectivity index (χ3v) is 3.99. The Morgan fingerprint density at radius 2 is 2.25 bits per heavy atom. The van der Waals surface area contributed by atoms with Gasteiger partial charge in [0.2, 0.25) is 5.88 Å². The van der Waals surface area contributed by atoms with Crippen molar-refractivity contribution in [3.8, 4) is 5.88 Å². The van der Waals surface area contributed by atoms with Gasteiger partial charge in [0.05, 0.1) is 19.1 Å². The number of hydrogen-bond acceptors (Lipinski definition) is 6. The van der Waals surface area contributed by atoms with Gasteiger partial charge in [-0.3, -0.25) is 4.90 Å². The van der Waals surface area contributed by atoms with E-state index in [-0.39, 0.29) is 12.0 Å². The molecule has 1 saturated heterocycles. The van der Waals surface area contributed by atoms with Crippen molar-refractivity contribution in [2.75, 3.05) is 26.3 Å². The number of furan rings is 1. The highest BCUT2D eigenvalue weighted by Crippen LogP contribution is 2.17. The van der Waals surface area contributed by atoms with Gasteiger partial charge in [-0.25, -0.2) is 4.98 Å². The summed E-state index contributed by atoms with van der Waals surface area (Å²) in [5.41, 5.74) is 2.11. The Kier molecular flexibility index (Phi) is 5.48. The van der Waals surface area contributed by atoms with Gasteiger partial charge in [-0.05, 0) is 13.0 Å². The van der Waals surface area contributed by atoms with Crippen molar-refractivity contribution in [2.45, 2.75) is 39.3 Å². The van der Waals surface area contributed by atoms with Gasteiger partial charge < -0.3 is 13.9 Å². The maximum atomic E-state index is 5.88. The molecule has 0 amide bonds. The molecule has 3 rings (SSSR count). The summed E-state index contributed by atoms with van der Waals surface area (Å²) in [6.07, 6.45) is 3.54. The summed E-state index contributed by atoms with van der Waals surface area (Å²) < 4.78 is 16.8. The number of rotatable bonds is 6. The minimum absolute atomic E-state index is 0.0448. The van der Waals surface area contributed by atoms with Crippen molar-refractivity contribution in [3.05, 3.63) is 41.7 Å². The van der Waals surface area contributed by atoms with E-state index in [0.717, 1.165) is 31.2 Å². The van der Waals surface area contributed by atoms with E-state index in [1.54, 1.807) is 12.5 Å². The summed E-state index contributed by atoms with van der Waals surface area (Å²) >= 11 is 0. The molecule has 0 radical (unpaired) electrons. The van der Waals surface area contributed by atoms with E-state index >= 15 is 0 Å². The number of ether oxygens (including phenoxy) is 2. The predicted octanol–water partition coefficient (Wildman–Crippen LogP) is 2.78. The lowest BCUT2D eigenvalue weighted by atomic mass is 10.2. The maximum Gasteiger partial charge on any atom is 0.216 e. The maximum absolute atomic E-state index is 5.88. The molecule has 0 saturated carbocycles. The lowest BCUT2D eigenvalue weighted by Crippen LogP contribution is -2.44. The van der Waals surface area contributed by atoms with Crippen LogP contribution in [0.1, 0.15) is 36.8 Å². The van der Waals surface area contributed by atoms with E-state index in [1.165, 1.54) is 5.56 Å². The van der Waals surface area contributed by atoms with Gasteiger partial charge in [-0.2, -0.15) is 4.98 Å². The second kappa shape index (κ2) is 7.77. The Morgan fingerprint density at radius 1 is 1.38 bits per heavy atom. The number of hydrogen-bond donors (Lipinski definition) is 0. The Labute approximate surface area is 142 Å². The highest BCUT2D eigenvalue weighted by molar-refractivity contribution is 5.16. The molecule has 2 aromatic rings. The van der Waals surface area contributed by atoms with Crippen LogP contribution >= 0.6 is 0 Å². The van der Waals surface area contributed by atoms with Crippen molar-refractivity contribution in [1.29, 1.82) is 0 Å². The van der Waals surface area contributed by atoms with Gasteiger partial charge in [-0.15, -0.1) is 0 Å². The minimum atomic E-state index is 0.0448. The Hall–Kier alpha value is -1.92. The fourth-order valence-corrected chi connectivity index (χ4v) is 2.74. The Morgan fingerprint density at radius 3 is 3.00 bits per heavy atom. The normalized spacial score (nSPS) is 18.9. The first-order valence-electron chi connectivity index (χ1n) is 8.43. The zero-order chi connectivity index (χ0) is 16.9. The monoisotopic (exact) mass is 331 g/mol. The van der Waals surface area contributed by atoms with Crippen molar-refractivity contribution in [2.24, 2.45) is 0 Å². The fraction of sp³-hybridized carbons (Fsp3) is 0.556. The third kappa shape index (κ3) is 4.55.